The molecule has 0 aliphatic rings. The van der Waals surface area contributed by atoms with Crippen molar-refractivity contribution in [1.29, 1.82) is 0 Å². The molecule has 0 heterocycles. The number of hydrogen-bond acceptors (Lipinski definition) is 3. The molecule has 2 amide bonds. The summed E-state index contributed by atoms with van der Waals surface area (Å²) in [6, 6.07) is 4.84. The highest BCUT2D eigenvalue weighted by Gasteiger charge is 2.12. The third-order valence-electron chi connectivity index (χ3n) is 2.43. The van der Waals surface area contributed by atoms with Crippen molar-refractivity contribution in [2.75, 3.05) is 18.9 Å². The van der Waals surface area contributed by atoms with Gasteiger partial charge in [0.1, 0.15) is 0 Å². The number of nitrogens with one attached hydrogen (secondary N) is 1. The number of amides is 2. The molecule has 0 aliphatic heterocycles. The molecule has 1 aromatic rings. The molecule has 0 atom stereocenters. The summed E-state index contributed by atoms with van der Waals surface area (Å²) in [5.74, 6) is -0.0641. The second-order valence-corrected chi connectivity index (χ2v) is 4.54. The van der Waals surface area contributed by atoms with Gasteiger partial charge in [-0.2, -0.15) is 0 Å². The molecule has 0 spiro atoms. The Balaban J connectivity index is 3.06. The van der Waals surface area contributed by atoms with Crippen molar-refractivity contribution in [2.45, 2.75) is 6.92 Å². The Hall–Kier alpha value is -1.76. The number of carbonyl (C=O) groups excluding carboxylic acids is 1. The minimum Gasteiger partial charge on any atom is -0.409 e. The Kier molecular flexibility index (Phi) is 4.96. The number of urea groups is 1. The fraction of sp³-hybridized carbons (Fsp3) is 0.273. The SMILES string of the molecule is CCN(C)C(=O)Nc1ccc(Br)cc1/C(N)=N/O. The molecule has 0 saturated carbocycles. The van der Waals surface area contributed by atoms with Gasteiger partial charge in [-0.1, -0.05) is 21.1 Å². The second-order valence-electron chi connectivity index (χ2n) is 3.62. The molecule has 0 unspecified atom stereocenters. The van der Waals surface area contributed by atoms with Gasteiger partial charge in [-0.15, -0.1) is 0 Å². The number of halogens is 1. The maximum absolute atomic E-state index is 11.8. The number of amidine groups is 1. The number of rotatable bonds is 3. The van der Waals surface area contributed by atoms with Crippen LogP contribution in [0.5, 0.6) is 0 Å². The van der Waals surface area contributed by atoms with Gasteiger partial charge in [-0.3, -0.25) is 0 Å². The zero-order valence-corrected chi connectivity index (χ0v) is 11.7. The summed E-state index contributed by atoms with van der Waals surface area (Å²) < 4.78 is 0.769. The van der Waals surface area contributed by atoms with Crippen LogP contribution in [0.3, 0.4) is 0 Å². The molecule has 0 bridgehead atoms. The van der Waals surface area contributed by atoms with E-state index in [1.165, 1.54) is 4.90 Å². The monoisotopic (exact) mass is 314 g/mol. The Morgan fingerprint density at radius 1 is 1.61 bits per heavy atom. The first kappa shape index (κ1) is 14.3. The molecule has 0 fully saturated rings. The van der Waals surface area contributed by atoms with Gasteiger partial charge >= 0.3 is 6.03 Å². The van der Waals surface area contributed by atoms with Crippen LogP contribution in [0.1, 0.15) is 12.5 Å². The fourth-order valence-electron chi connectivity index (χ4n) is 1.25. The van der Waals surface area contributed by atoms with Crippen molar-refractivity contribution in [1.82, 2.24) is 4.90 Å². The van der Waals surface area contributed by atoms with Gasteiger partial charge in [0.05, 0.1) is 5.69 Å². The second kappa shape index (κ2) is 6.25. The van der Waals surface area contributed by atoms with Crippen LogP contribution in [0.15, 0.2) is 27.8 Å². The highest BCUT2D eigenvalue weighted by Crippen LogP contribution is 2.21. The molecular formula is C11H15BrN4O2. The molecular weight excluding hydrogens is 300 g/mol. The predicted octanol–water partition coefficient (Wildman–Crippen LogP) is 2.03. The van der Waals surface area contributed by atoms with Gasteiger partial charge < -0.3 is 21.2 Å². The van der Waals surface area contributed by atoms with E-state index in [1.807, 2.05) is 6.92 Å². The summed E-state index contributed by atoms with van der Waals surface area (Å²) in [4.78, 5) is 13.3. The fourth-order valence-corrected chi connectivity index (χ4v) is 1.61. The first-order chi connectivity index (χ1) is 8.49. The highest BCUT2D eigenvalue weighted by atomic mass is 79.9. The molecule has 6 nitrogen and oxygen atoms in total. The Labute approximate surface area is 114 Å². The van der Waals surface area contributed by atoms with E-state index in [0.29, 0.717) is 17.8 Å². The van der Waals surface area contributed by atoms with E-state index in [4.69, 9.17) is 10.9 Å². The summed E-state index contributed by atoms with van der Waals surface area (Å²) in [7, 11) is 1.68. The summed E-state index contributed by atoms with van der Waals surface area (Å²) >= 11 is 3.29. The summed E-state index contributed by atoms with van der Waals surface area (Å²) in [5.41, 5.74) is 6.50. The Morgan fingerprint density at radius 2 is 2.28 bits per heavy atom. The molecule has 0 radical (unpaired) electrons. The lowest BCUT2D eigenvalue weighted by Crippen LogP contribution is -2.31. The number of hydrogen-bond donors (Lipinski definition) is 3. The first-order valence-electron chi connectivity index (χ1n) is 5.29. The predicted molar refractivity (Wildman–Crippen MR) is 74.0 cm³/mol. The van der Waals surface area contributed by atoms with Crippen LogP contribution in [0.25, 0.3) is 0 Å². The summed E-state index contributed by atoms with van der Waals surface area (Å²) in [6.45, 7) is 2.45. The smallest absolute Gasteiger partial charge is 0.321 e. The third kappa shape index (κ3) is 3.36. The van der Waals surface area contributed by atoms with Crippen LogP contribution < -0.4 is 11.1 Å². The van der Waals surface area contributed by atoms with E-state index in [2.05, 4.69) is 26.4 Å². The van der Waals surface area contributed by atoms with Crippen molar-refractivity contribution < 1.29 is 10.0 Å². The van der Waals surface area contributed by atoms with Crippen molar-refractivity contribution in [3.05, 3.63) is 28.2 Å². The quantitative estimate of drug-likeness (QED) is 0.345. The van der Waals surface area contributed by atoms with Gasteiger partial charge in [0, 0.05) is 23.6 Å². The Bertz CT molecular complexity index is 476. The molecule has 18 heavy (non-hydrogen) atoms. The van der Waals surface area contributed by atoms with Crippen LogP contribution in [-0.4, -0.2) is 35.6 Å². The van der Waals surface area contributed by atoms with E-state index >= 15 is 0 Å². The minimum absolute atomic E-state index is 0.0641. The number of oxime groups is 1. The molecule has 0 aliphatic carbocycles. The largest absolute Gasteiger partial charge is 0.409 e. The molecule has 98 valence electrons. The minimum atomic E-state index is -0.258. The molecule has 1 rings (SSSR count). The lowest BCUT2D eigenvalue weighted by atomic mass is 10.1. The van der Waals surface area contributed by atoms with Crippen LogP contribution in [0, 0.1) is 0 Å². The van der Waals surface area contributed by atoms with Crippen molar-refractivity contribution >= 4 is 33.5 Å². The molecule has 4 N–H and O–H groups in total. The number of nitrogens with two attached hydrogens (primary N) is 1. The topological polar surface area (TPSA) is 91.0 Å². The van der Waals surface area contributed by atoms with Crippen molar-refractivity contribution in [3.8, 4) is 0 Å². The van der Waals surface area contributed by atoms with Gasteiger partial charge in [-0.25, -0.2) is 4.79 Å². The van der Waals surface area contributed by atoms with Crippen LogP contribution >= 0.6 is 15.9 Å². The summed E-state index contributed by atoms with van der Waals surface area (Å²) in [5, 5.41) is 14.4. The zero-order valence-electron chi connectivity index (χ0n) is 10.1. The lowest BCUT2D eigenvalue weighted by Gasteiger charge is -2.17. The number of benzene rings is 1. The van der Waals surface area contributed by atoms with E-state index in [9.17, 15) is 4.79 Å². The van der Waals surface area contributed by atoms with E-state index in [-0.39, 0.29) is 11.9 Å². The molecule has 1 aromatic carbocycles. The van der Waals surface area contributed by atoms with Gasteiger partial charge in [0.15, 0.2) is 5.84 Å². The van der Waals surface area contributed by atoms with E-state index in [0.717, 1.165) is 4.47 Å². The maximum atomic E-state index is 11.8. The van der Waals surface area contributed by atoms with Gasteiger partial charge in [0.25, 0.3) is 0 Å². The molecule has 7 heteroatoms. The van der Waals surface area contributed by atoms with E-state index < -0.39 is 0 Å². The number of nitrogens with zero attached hydrogens (tertiary/aromatic N) is 2. The van der Waals surface area contributed by atoms with E-state index in [1.54, 1.807) is 25.2 Å². The maximum Gasteiger partial charge on any atom is 0.321 e. The van der Waals surface area contributed by atoms with Gasteiger partial charge in [0.2, 0.25) is 0 Å². The van der Waals surface area contributed by atoms with Crippen LogP contribution in [-0.2, 0) is 0 Å². The zero-order chi connectivity index (χ0) is 13.7. The van der Waals surface area contributed by atoms with Crippen LogP contribution in [0.2, 0.25) is 0 Å². The summed E-state index contributed by atoms with van der Waals surface area (Å²) in [6.07, 6.45) is 0. The lowest BCUT2D eigenvalue weighted by molar-refractivity contribution is 0.224. The van der Waals surface area contributed by atoms with Gasteiger partial charge in [-0.05, 0) is 25.1 Å². The Morgan fingerprint density at radius 3 is 2.83 bits per heavy atom. The highest BCUT2D eigenvalue weighted by molar-refractivity contribution is 9.10. The average molecular weight is 315 g/mol. The number of carbonyl (C=O) groups is 1. The first-order valence-corrected chi connectivity index (χ1v) is 6.08. The van der Waals surface area contributed by atoms with Crippen LogP contribution in [0.4, 0.5) is 10.5 Å². The molecule has 0 aromatic heterocycles. The van der Waals surface area contributed by atoms with Crippen molar-refractivity contribution in [2.24, 2.45) is 10.9 Å². The van der Waals surface area contributed by atoms with Crippen molar-refractivity contribution in [3.63, 3.8) is 0 Å². The third-order valence-corrected chi connectivity index (χ3v) is 2.92. The standard InChI is InChI=1S/C11H15BrN4O2/c1-3-16(2)11(17)14-9-5-4-7(12)6-8(9)10(13)15-18/h4-6,18H,3H2,1-2H3,(H2,13,15)(H,14,17). The number of anilines is 1. The average Bonchev–Trinajstić information content (AvgIpc) is 2.38. The molecule has 0 saturated heterocycles. The normalized spacial score (nSPS) is 11.2.